The van der Waals surface area contributed by atoms with Gasteiger partial charge < -0.3 is 4.90 Å². The van der Waals surface area contributed by atoms with Crippen molar-refractivity contribution >= 4 is 5.91 Å². The molecule has 0 spiro atoms. The lowest BCUT2D eigenvalue weighted by Gasteiger charge is -2.26. The van der Waals surface area contributed by atoms with E-state index in [1.165, 1.54) is 18.4 Å². The second-order valence-corrected chi connectivity index (χ2v) is 6.43. The van der Waals surface area contributed by atoms with E-state index in [0.29, 0.717) is 18.6 Å². The molecule has 4 heteroatoms. The van der Waals surface area contributed by atoms with E-state index < -0.39 is 0 Å². The molecule has 0 N–H and O–H groups in total. The van der Waals surface area contributed by atoms with Crippen LogP contribution in [0.3, 0.4) is 0 Å². The Morgan fingerprint density at radius 1 is 1.10 bits per heavy atom. The van der Waals surface area contributed by atoms with E-state index in [1.54, 1.807) is 4.90 Å². The monoisotopic (exact) mass is 287 g/mol. The third-order valence-electron chi connectivity index (χ3n) is 4.87. The Bertz CT molecular complexity index is 488. The van der Waals surface area contributed by atoms with Crippen molar-refractivity contribution in [3.8, 4) is 0 Å². The van der Waals surface area contributed by atoms with Gasteiger partial charge in [0.15, 0.2) is 0 Å². The molecule has 2 aliphatic rings. The smallest absolute Gasteiger partial charge is 0.236 e. The fourth-order valence-corrected chi connectivity index (χ4v) is 3.69. The van der Waals surface area contributed by atoms with Crippen molar-refractivity contribution in [2.45, 2.75) is 31.5 Å². The van der Waals surface area contributed by atoms with Gasteiger partial charge in [-0.25, -0.2) is 0 Å². The first-order chi connectivity index (χ1) is 10.1. The van der Waals surface area contributed by atoms with Crippen LogP contribution < -0.4 is 0 Å². The summed E-state index contributed by atoms with van der Waals surface area (Å²) in [5, 5.41) is 0. The Labute approximate surface area is 127 Å². The molecule has 114 valence electrons. The first-order valence-electron chi connectivity index (χ1n) is 7.87. The molecule has 0 bridgehead atoms. The summed E-state index contributed by atoms with van der Waals surface area (Å²) in [6, 6.07) is 11.9. The number of likely N-dealkylation sites (N-methyl/N-ethyl adjacent to an activating group) is 1. The average Bonchev–Trinajstić information content (AvgIpc) is 3.04. The number of amides is 1. The highest BCUT2D eigenvalue weighted by atomic mass is 16.2. The van der Waals surface area contributed by atoms with E-state index in [0.717, 1.165) is 19.6 Å². The summed E-state index contributed by atoms with van der Waals surface area (Å²) < 4.78 is 0. The molecule has 0 saturated carbocycles. The van der Waals surface area contributed by atoms with Crippen LogP contribution in [0.15, 0.2) is 30.3 Å². The number of rotatable bonds is 4. The summed E-state index contributed by atoms with van der Waals surface area (Å²) in [5.74, 6) is 0.220. The van der Waals surface area contributed by atoms with Crippen molar-refractivity contribution < 1.29 is 4.79 Å². The number of hydrogen-bond acceptors (Lipinski definition) is 3. The maximum atomic E-state index is 11.9. The van der Waals surface area contributed by atoms with Gasteiger partial charge in [-0.15, -0.1) is 0 Å². The van der Waals surface area contributed by atoms with Gasteiger partial charge >= 0.3 is 0 Å². The van der Waals surface area contributed by atoms with E-state index in [9.17, 15) is 4.79 Å². The quantitative estimate of drug-likeness (QED) is 0.838. The maximum Gasteiger partial charge on any atom is 0.236 e. The standard InChI is InChI=1S/C17H25N3O/c1-18(2)17(21)13-20-11-9-15-16(20)8-10-19(15)12-14-6-4-3-5-7-14/h3-7,15-16H,8-13H2,1-2H3. The fourth-order valence-electron chi connectivity index (χ4n) is 3.69. The van der Waals surface area contributed by atoms with Crippen LogP contribution in [-0.4, -0.2) is 66.4 Å². The highest BCUT2D eigenvalue weighted by molar-refractivity contribution is 5.77. The number of carbonyl (C=O) groups is 1. The van der Waals surface area contributed by atoms with Crippen molar-refractivity contribution in [1.82, 2.24) is 14.7 Å². The maximum absolute atomic E-state index is 11.9. The molecular formula is C17H25N3O. The molecule has 21 heavy (non-hydrogen) atoms. The molecule has 1 aromatic rings. The van der Waals surface area contributed by atoms with Crippen LogP contribution in [0, 0.1) is 0 Å². The SMILES string of the molecule is CN(C)C(=O)CN1CCC2C1CCN2Cc1ccccc1. The second-order valence-electron chi connectivity index (χ2n) is 6.43. The van der Waals surface area contributed by atoms with Crippen molar-refractivity contribution in [3.05, 3.63) is 35.9 Å². The van der Waals surface area contributed by atoms with Crippen molar-refractivity contribution in [1.29, 1.82) is 0 Å². The predicted molar refractivity (Wildman–Crippen MR) is 83.9 cm³/mol. The summed E-state index contributed by atoms with van der Waals surface area (Å²) in [6.45, 7) is 3.82. The van der Waals surface area contributed by atoms with Crippen LogP contribution >= 0.6 is 0 Å². The molecule has 2 fully saturated rings. The Balaban J connectivity index is 1.60. The predicted octanol–water partition coefficient (Wildman–Crippen LogP) is 1.42. The summed E-state index contributed by atoms with van der Waals surface area (Å²) in [5.41, 5.74) is 1.39. The highest BCUT2D eigenvalue weighted by Crippen LogP contribution is 2.32. The molecule has 1 aromatic carbocycles. The first kappa shape index (κ1) is 14.5. The molecule has 1 amide bonds. The first-order valence-corrected chi connectivity index (χ1v) is 7.87. The van der Waals surface area contributed by atoms with Gasteiger partial charge in [-0.2, -0.15) is 0 Å². The number of nitrogens with zero attached hydrogens (tertiary/aromatic N) is 3. The molecule has 2 unspecified atom stereocenters. The zero-order chi connectivity index (χ0) is 14.8. The van der Waals surface area contributed by atoms with Crippen molar-refractivity contribution in [3.63, 3.8) is 0 Å². The molecule has 2 heterocycles. The summed E-state index contributed by atoms with van der Waals surface area (Å²) in [4.78, 5) is 18.6. The van der Waals surface area contributed by atoms with Crippen LogP contribution in [0.25, 0.3) is 0 Å². The van der Waals surface area contributed by atoms with Gasteiger partial charge in [-0.1, -0.05) is 30.3 Å². The molecule has 2 atom stereocenters. The van der Waals surface area contributed by atoms with Crippen molar-refractivity contribution in [2.75, 3.05) is 33.7 Å². The number of carbonyl (C=O) groups excluding carboxylic acids is 1. The Morgan fingerprint density at radius 3 is 2.38 bits per heavy atom. The highest BCUT2D eigenvalue weighted by Gasteiger charge is 2.42. The minimum atomic E-state index is 0.220. The molecule has 0 aromatic heterocycles. The lowest BCUT2D eigenvalue weighted by Crippen LogP contribution is -2.41. The molecule has 3 rings (SSSR count). The topological polar surface area (TPSA) is 26.8 Å². The van der Waals surface area contributed by atoms with Gasteiger partial charge in [0.25, 0.3) is 0 Å². The lowest BCUT2D eigenvalue weighted by atomic mass is 10.1. The molecule has 0 radical (unpaired) electrons. The van der Waals surface area contributed by atoms with Crippen LogP contribution in [0.1, 0.15) is 18.4 Å². The van der Waals surface area contributed by atoms with Crippen LogP contribution in [0.4, 0.5) is 0 Å². The van der Waals surface area contributed by atoms with Crippen molar-refractivity contribution in [2.24, 2.45) is 0 Å². The number of fused-ring (bicyclic) bond motifs is 1. The zero-order valence-corrected chi connectivity index (χ0v) is 13.0. The number of likely N-dealkylation sites (tertiary alicyclic amines) is 2. The summed E-state index contributed by atoms with van der Waals surface area (Å²) >= 11 is 0. The normalized spacial score (nSPS) is 26.0. The van der Waals surface area contributed by atoms with E-state index >= 15 is 0 Å². The Hall–Kier alpha value is -1.39. The van der Waals surface area contributed by atoms with E-state index in [1.807, 2.05) is 14.1 Å². The second kappa shape index (κ2) is 6.16. The van der Waals surface area contributed by atoms with Crippen LogP contribution in [0.5, 0.6) is 0 Å². The van der Waals surface area contributed by atoms with Gasteiger partial charge in [-0.05, 0) is 18.4 Å². The van der Waals surface area contributed by atoms with Gasteiger partial charge in [0.1, 0.15) is 0 Å². The number of hydrogen-bond donors (Lipinski definition) is 0. The zero-order valence-electron chi connectivity index (χ0n) is 13.0. The van der Waals surface area contributed by atoms with E-state index in [-0.39, 0.29) is 5.91 Å². The largest absolute Gasteiger partial charge is 0.348 e. The van der Waals surface area contributed by atoms with Crippen LogP contribution in [-0.2, 0) is 11.3 Å². The Morgan fingerprint density at radius 2 is 1.71 bits per heavy atom. The average molecular weight is 287 g/mol. The number of benzene rings is 1. The molecule has 2 aliphatic heterocycles. The minimum Gasteiger partial charge on any atom is -0.348 e. The van der Waals surface area contributed by atoms with Gasteiger partial charge in [-0.3, -0.25) is 14.6 Å². The molecule has 4 nitrogen and oxygen atoms in total. The minimum absolute atomic E-state index is 0.220. The third kappa shape index (κ3) is 3.11. The van der Waals surface area contributed by atoms with Gasteiger partial charge in [0.05, 0.1) is 6.54 Å². The van der Waals surface area contributed by atoms with Crippen LogP contribution in [0.2, 0.25) is 0 Å². The Kier molecular flexibility index (Phi) is 4.27. The fraction of sp³-hybridized carbons (Fsp3) is 0.588. The van der Waals surface area contributed by atoms with Gasteiger partial charge in [0.2, 0.25) is 5.91 Å². The third-order valence-corrected chi connectivity index (χ3v) is 4.87. The lowest BCUT2D eigenvalue weighted by molar-refractivity contribution is -0.130. The molecule has 0 aliphatic carbocycles. The van der Waals surface area contributed by atoms with E-state index in [4.69, 9.17) is 0 Å². The molecule has 2 saturated heterocycles. The summed E-state index contributed by atoms with van der Waals surface area (Å²) in [6.07, 6.45) is 2.39. The summed E-state index contributed by atoms with van der Waals surface area (Å²) in [7, 11) is 3.68. The van der Waals surface area contributed by atoms with E-state index in [2.05, 4.69) is 40.1 Å². The molecular weight excluding hydrogens is 262 g/mol. The van der Waals surface area contributed by atoms with Gasteiger partial charge in [0, 0.05) is 45.8 Å².